The molecule has 1 heteroatoms. The molecule has 1 aromatic rings. The van der Waals surface area contributed by atoms with Crippen LogP contribution in [0.4, 0.5) is 0 Å². The zero-order chi connectivity index (χ0) is 9.68. The summed E-state index contributed by atoms with van der Waals surface area (Å²) in [4.78, 5) is 4.19. The number of pyridine rings is 1. The van der Waals surface area contributed by atoms with Gasteiger partial charge in [-0.1, -0.05) is 20.3 Å². The van der Waals surface area contributed by atoms with E-state index in [1.807, 2.05) is 13.1 Å². The normalized spacial score (nSPS) is 12.8. The molecule has 0 saturated carbocycles. The molecule has 13 heavy (non-hydrogen) atoms. The monoisotopic (exact) mass is 177 g/mol. The van der Waals surface area contributed by atoms with E-state index in [1.165, 1.54) is 24.8 Å². The van der Waals surface area contributed by atoms with Crippen molar-refractivity contribution in [3.8, 4) is 0 Å². The van der Waals surface area contributed by atoms with E-state index < -0.39 is 0 Å². The van der Waals surface area contributed by atoms with E-state index in [1.54, 1.807) is 0 Å². The van der Waals surface area contributed by atoms with E-state index in [-0.39, 0.29) is 0 Å². The van der Waals surface area contributed by atoms with Crippen molar-refractivity contribution >= 4 is 0 Å². The smallest absolute Gasteiger partial charge is 0.0375 e. The summed E-state index contributed by atoms with van der Waals surface area (Å²) in [6.45, 7) is 6.61. The third kappa shape index (κ3) is 3.58. The van der Waals surface area contributed by atoms with E-state index >= 15 is 0 Å². The second kappa shape index (κ2) is 5.00. The lowest BCUT2D eigenvalue weighted by atomic mass is 9.99. The van der Waals surface area contributed by atoms with Crippen molar-refractivity contribution in [2.24, 2.45) is 5.92 Å². The van der Waals surface area contributed by atoms with Gasteiger partial charge in [0, 0.05) is 11.9 Å². The largest absolute Gasteiger partial charge is 0.262 e. The summed E-state index contributed by atoms with van der Waals surface area (Å²) < 4.78 is 0. The summed E-state index contributed by atoms with van der Waals surface area (Å²) in [5.41, 5.74) is 2.55. The second-order valence-electron chi connectivity index (χ2n) is 3.86. The highest BCUT2D eigenvalue weighted by molar-refractivity contribution is 5.15. The number of rotatable bonds is 4. The van der Waals surface area contributed by atoms with E-state index in [0.29, 0.717) is 0 Å². The lowest BCUT2D eigenvalue weighted by Gasteiger charge is -2.07. The van der Waals surface area contributed by atoms with Gasteiger partial charge in [-0.15, -0.1) is 0 Å². The summed E-state index contributed by atoms with van der Waals surface area (Å²) in [5, 5.41) is 0. The van der Waals surface area contributed by atoms with Crippen LogP contribution in [0, 0.1) is 12.8 Å². The molecule has 0 aliphatic rings. The average Bonchev–Trinajstić information content (AvgIpc) is 2.14. The van der Waals surface area contributed by atoms with Crippen LogP contribution in [0.5, 0.6) is 0 Å². The van der Waals surface area contributed by atoms with Crippen LogP contribution in [0.25, 0.3) is 0 Å². The van der Waals surface area contributed by atoms with Gasteiger partial charge in [0.25, 0.3) is 0 Å². The zero-order valence-corrected chi connectivity index (χ0v) is 8.88. The van der Waals surface area contributed by atoms with Crippen LogP contribution < -0.4 is 0 Å². The first-order valence-corrected chi connectivity index (χ1v) is 5.14. The standard InChI is InChI=1S/C12H19N/c1-4-10(2)5-6-12-7-8-13-11(3)9-12/h7-10H,4-6H2,1-3H3. The molecule has 0 fully saturated rings. The molecule has 1 atom stereocenters. The molecule has 1 aromatic heterocycles. The Balaban J connectivity index is 2.45. The molecule has 0 aliphatic heterocycles. The van der Waals surface area contributed by atoms with Crippen molar-refractivity contribution in [3.05, 3.63) is 29.6 Å². The quantitative estimate of drug-likeness (QED) is 0.687. The molecular formula is C12H19N. The Hall–Kier alpha value is -0.850. The van der Waals surface area contributed by atoms with Gasteiger partial charge >= 0.3 is 0 Å². The number of nitrogens with zero attached hydrogens (tertiary/aromatic N) is 1. The van der Waals surface area contributed by atoms with Crippen molar-refractivity contribution < 1.29 is 0 Å². The summed E-state index contributed by atoms with van der Waals surface area (Å²) >= 11 is 0. The highest BCUT2D eigenvalue weighted by Crippen LogP contribution is 2.12. The maximum atomic E-state index is 4.19. The van der Waals surface area contributed by atoms with E-state index in [2.05, 4.69) is 31.0 Å². The van der Waals surface area contributed by atoms with Gasteiger partial charge in [0.2, 0.25) is 0 Å². The van der Waals surface area contributed by atoms with Gasteiger partial charge in [0.05, 0.1) is 0 Å². The number of aromatic nitrogens is 1. The SMILES string of the molecule is CCC(C)CCc1ccnc(C)c1. The van der Waals surface area contributed by atoms with Crippen LogP contribution in [0.15, 0.2) is 18.3 Å². The average molecular weight is 177 g/mol. The molecular weight excluding hydrogens is 158 g/mol. The maximum Gasteiger partial charge on any atom is 0.0375 e. The fraction of sp³-hybridized carbons (Fsp3) is 0.583. The number of hydrogen-bond donors (Lipinski definition) is 0. The third-order valence-electron chi connectivity index (χ3n) is 2.58. The Morgan fingerprint density at radius 2 is 2.23 bits per heavy atom. The second-order valence-corrected chi connectivity index (χ2v) is 3.86. The fourth-order valence-corrected chi connectivity index (χ4v) is 1.38. The van der Waals surface area contributed by atoms with E-state index in [4.69, 9.17) is 0 Å². The molecule has 0 bridgehead atoms. The first-order valence-electron chi connectivity index (χ1n) is 5.14. The predicted molar refractivity (Wildman–Crippen MR) is 56.8 cm³/mol. The molecule has 72 valence electrons. The summed E-state index contributed by atoms with van der Waals surface area (Å²) in [6.07, 6.45) is 5.67. The van der Waals surface area contributed by atoms with Crippen molar-refractivity contribution in [1.29, 1.82) is 0 Å². The Morgan fingerprint density at radius 1 is 1.46 bits per heavy atom. The van der Waals surface area contributed by atoms with Crippen LogP contribution in [0.2, 0.25) is 0 Å². The molecule has 1 unspecified atom stereocenters. The molecule has 0 aromatic carbocycles. The zero-order valence-electron chi connectivity index (χ0n) is 8.88. The van der Waals surface area contributed by atoms with Gasteiger partial charge < -0.3 is 0 Å². The molecule has 0 saturated heterocycles. The minimum Gasteiger partial charge on any atom is -0.262 e. The van der Waals surface area contributed by atoms with Gasteiger partial charge in [-0.05, 0) is 43.4 Å². The van der Waals surface area contributed by atoms with Gasteiger partial charge in [0.1, 0.15) is 0 Å². The lowest BCUT2D eigenvalue weighted by Crippen LogP contribution is -1.96. The molecule has 0 N–H and O–H groups in total. The Bertz CT molecular complexity index is 255. The highest BCUT2D eigenvalue weighted by Gasteiger charge is 1.99. The van der Waals surface area contributed by atoms with Gasteiger partial charge in [-0.3, -0.25) is 4.98 Å². The van der Waals surface area contributed by atoms with Gasteiger partial charge in [0.15, 0.2) is 0 Å². The summed E-state index contributed by atoms with van der Waals surface area (Å²) in [6, 6.07) is 4.30. The molecule has 1 heterocycles. The predicted octanol–water partition coefficient (Wildman–Crippen LogP) is 3.37. The number of hydrogen-bond acceptors (Lipinski definition) is 1. The van der Waals surface area contributed by atoms with Gasteiger partial charge in [-0.25, -0.2) is 0 Å². The molecule has 0 spiro atoms. The Labute approximate surface area is 81.2 Å². The van der Waals surface area contributed by atoms with Crippen LogP contribution in [0.3, 0.4) is 0 Å². The lowest BCUT2D eigenvalue weighted by molar-refractivity contribution is 0.516. The molecule has 1 rings (SSSR count). The Kier molecular flexibility index (Phi) is 3.94. The van der Waals surface area contributed by atoms with Crippen LogP contribution in [-0.4, -0.2) is 4.98 Å². The number of aryl methyl sites for hydroxylation is 2. The first-order chi connectivity index (χ1) is 6.22. The van der Waals surface area contributed by atoms with Crippen molar-refractivity contribution in [3.63, 3.8) is 0 Å². The van der Waals surface area contributed by atoms with Crippen molar-refractivity contribution in [1.82, 2.24) is 4.98 Å². The van der Waals surface area contributed by atoms with Crippen LogP contribution in [-0.2, 0) is 6.42 Å². The minimum atomic E-state index is 0.841. The third-order valence-corrected chi connectivity index (χ3v) is 2.58. The minimum absolute atomic E-state index is 0.841. The van der Waals surface area contributed by atoms with E-state index in [0.717, 1.165) is 11.6 Å². The topological polar surface area (TPSA) is 12.9 Å². The molecule has 0 aliphatic carbocycles. The Morgan fingerprint density at radius 3 is 2.85 bits per heavy atom. The molecule has 0 amide bonds. The van der Waals surface area contributed by atoms with Crippen LogP contribution in [0.1, 0.15) is 37.9 Å². The summed E-state index contributed by atoms with van der Waals surface area (Å²) in [7, 11) is 0. The van der Waals surface area contributed by atoms with Crippen LogP contribution >= 0.6 is 0 Å². The highest BCUT2D eigenvalue weighted by atomic mass is 14.6. The molecule has 1 nitrogen and oxygen atoms in total. The summed E-state index contributed by atoms with van der Waals surface area (Å²) in [5.74, 6) is 0.841. The molecule has 0 radical (unpaired) electrons. The van der Waals surface area contributed by atoms with E-state index in [9.17, 15) is 0 Å². The first kappa shape index (κ1) is 10.2. The van der Waals surface area contributed by atoms with Crippen molar-refractivity contribution in [2.75, 3.05) is 0 Å². The fourth-order valence-electron chi connectivity index (χ4n) is 1.38. The van der Waals surface area contributed by atoms with Crippen molar-refractivity contribution in [2.45, 2.75) is 40.0 Å². The van der Waals surface area contributed by atoms with Gasteiger partial charge in [-0.2, -0.15) is 0 Å². The maximum absolute atomic E-state index is 4.19.